The Kier molecular flexibility index (Phi) is 4.13. The van der Waals surface area contributed by atoms with E-state index in [2.05, 4.69) is 45.7 Å². The maximum atomic E-state index is 6.78. The van der Waals surface area contributed by atoms with Crippen molar-refractivity contribution in [2.75, 3.05) is 20.1 Å². The number of hydrogen-bond acceptors (Lipinski definition) is 2. The molecule has 0 heterocycles. The summed E-state index contributed by atoms with van der Waals surface area (Å²) in [6, 6.07) is 0. The van der Waals surface area contributed by atoms with Crippen molar-refractivity contribution in [1.29, 1.82) is 0 Å². The molecule has 1 spiro atoms. The van der Waals surface area contributed by atoms with Crippen LogP contribution >= 0.6 is 0 Å². The fourth-order valence-electron chi connectivity index (χ4n) is 4.01. The molecule has 0 aliphatic heterocycles. The number of rotatable bonds is 6. The van der Waals surface area contributed by atoms with Gasteiger partial charge in [0.15, 0.2) is 0 Å². The minimum Gasteiger partial charge on any atom is -0.325 e. The Bertz CT molecular complexity index is 352. The molecule has 0 aromatic rings. The smallest absolute Gasteiger partial charge is 0.0223 e. The van der Waals surface area contributed by atoms with E-state index in [-0.39, 0.29) is 5.54 Å². The van der Waals surface area contributed by atoms with E-state index in [0.717, 1.165) is 19.0 Å². The van der Waals surface area contributed by atoms with Gasteiger partial charge in [-0.2, -0.15) is 0 Å². The largest absolute Gasteiger partial charge is 0.325 e. The van der Waals surface area contributed by atoms with Crippen molar-refractivity contribution in [3.05, 3.63) is 11.6 Å². The lowest BCUT2D eigenvalue weighted by atomic mass is 9.71. The number of likely N-dealkylation sites (N-methyl/N-ethyl adjacent to an activating group) is 1. The van der Waals surface area contributed by atoms with Crippen LogP contribution in [0.25, 0.3) is 0 Å². The van der Waals surface area contributed by atoms with Gasteiger partial charge in [0.1, 0.15) is 0 Å². The van der Waals surface area contributed by atoms with E-state index < -0.39 is 0 Å². The van der Waals surface area contributed by atoms with Gasteiger partial charge in [-0.15, -0.1) is 0 Å². The summed E-state index contributed by atoms with van der Waals surface area (Å²) in [5.41, 5.74) is 8.92. The summed E-state index contributed by atoms with van der Waals surface area (Å²) in [4.78, 5) is 2.37. The predicted molar refractivity (Wildman–Crippen MR) is 83.1 cm³/mol. The van der Waals surface area contributed by atoms with Crippen LogP contribution < -0.4 is 5.73 Å². The fraction of sp³-hybridized carbons (Fsp3) is 0.882. The zero-order valence-electron chi connectivity index (χ0n) is 13.5. The average molecular weight is 264 g/mol. The molecule has 2 rings (SSSR count). The summed E-state index contributed by atoms with van der Waals surface area (Å²) in [6.07, 6.45) is 7.95. The second-order valence-electron chi connectivity index (χ2n) is 7.25. The summed E-state index contributed by atoms with van der Waals surface area (Å²) >= 11 is 0. The van der Waals surface area contributed by atoms with Crippen LogP contribution in [0.15, 0.2) is 11.6 Å². The second kappa shape index (κ2) is 5.21. The minimum absolute atomic E-state index is 0.0309. The molecule has 0 saturated heterocycles. The van der Waals surface area contributed by atoms with Crippen molar-refractivity contribution in [2.45, 2.75) is 58.9 Å². The molecule has 0 aromatic carbocycles. The lowest BCUT2D eigenvalue weighted by Gasteiger charge is -2.39. The summed E-state index contributed by atoms with van der Waals surface area (Å²) in [5, 5.41) is 0. The van der Waals surface area contributed by atoms with E-state index in [1.165, 1.54) is 31.3 Å². The molecule has 0 amide bonds. The molecular formula is C17H32N2. The third-order valence-electron chi connectivity index (χ3n) is 6.14. The van der Waals surface area contributed by atoms with E-state index in [4.69, 9.17) is 5.73 Å². The molecule has 0 aromatic heterocycles. The van der Waals surface area contributed by atoms with E-state index in [1.807, 2.05) is 0 Å². The maximum Gasteiger partial charge on any atom is 0.0223 e. The van der Waals surface area contributed by atoms with Crippen LogP contribution in [0, 0.1) is 17.3 Å². The van der Waals surface area contributed by atoms with Crippen molar-refractivity contribution < 1.29 is 0 Å². The molecular weight excluding hydrogens is 232 g/mol. The summed E-state index contributed by atoms with van der Waals surface area (Å²) < 4.78 is 0. The molecule has 0 bridgehead atoms. The van der Waals surface area contributed by atoms with Gasteiger partial charge in [-0.3, -0.25) is 0 Å². The Labute approximate surface area is 119 Å². The third kappa shape index (κ3) is 2.62. The first kappa shape index (κ1) is 15.1. The van der Waals surface area contributed by atoms with E-state index in [9.17, 15) is 0 Å². The van der Waals surface area contributed by atoms with Crippen molar-refractivity contribution in [3.8, 4) is 0 Å². The lowest BCUT2D eigenvalue weighted by molar-refractivity contribution is 0.186. The highest BCUT2D eigenvalue weighted by atomic mass is 15.1. The van der Waals surface area contributed by atoms with Gasteiger partial charge in [-0.1, -0.05) is 31.9 Å². The van der Waals surface area contributed by atoms with Crippen molar-refractivity contribution in [3.63, 3.8) is 0 Å². The summed E-state index contributed by atoms with van der Waals surface area (Å²) in [7, 11) is 2.19. The van der Waals surface area contributed by atoms with Gasteiger partial charge < -0.3 is 10.6 Å². The minimum atomic E-state index is -0.0309. The summed E-state index contributed by atoms with van der Waals surface area (Å²) in [5.74, 6) is 1.24. The number of nitrogens with zero attached hydrogens (tertiary/aromatic N) is 1. The first-order valence-corrected chi connectivity index (χ1v) is 8.00. The van der Waals surface area contributed by atoms with Crippen LogP contribution in [0.2, 0.25) is 0 Å². The van der Waals surface area contributed by atoms with Gasteiger partial charge >= 0.3 is 0 Å². The Morgan fingerprint density at radius 3 is 2.53 bits per heavy atom. The molecule has 110 valence electrons. The van der Waals surface area contributed by atoms with Crippen molar-refractivity contribution >= 4 is 0 Å². The zero-order chi connectivity index (χ0) is 14.3. The first-order chi connectivity index (χ1) is 8.87. The van der Waals surface area contributed by atoms with E-state index >= 15 is 0 Å². The third-order valence-corrected chi connectivity index (χ3v) is 6.14. The van der Waals surface area contributed by atoms with Gasteiger partial charge in [-0.25, -0.2) is 0 Å². The highest BCUT2D eigenvalue weighted by Gasteiger charge is 2.64. The Morgan fingerprint density at radius 2 is 2.16 bits per heavy atom. The Hall–Kier alpha value is -0.340. The molecule has 3 unspecified atom stereocenters. The van der Waals surface area contributed by atoms with E-state index in [1.54, 1.807) is 0 Å². The molecule has 2 N–H and O–H groups in total. The van der Waals surface area contributed by atoms with Crippen LogP contribution in [-0.2, 0) is 0 Å². The molecule has 2 aliphatic carbocycles. The molecule has 2 heteroatoms. The van der Waals surface area contributed by atoms with Gasteiger partial charge in [-0.05, 0) is 64.0 Å². The van der Waals surface area contributed by atoms with Gasteiger partial charge in [0.2, 0.25) is 0 Å². The van der Waals surface area contributed by atoms with Gasteiger partial charge in [0, 0.05) is 12.1 Å². The molecule has 3 atom stereocenters. The SMILES string of the molecule is CC=C(CN(C)CC)C(C)C(C)(N)C1CC12CCC2. The van der Waals surface area contributed by atoms with Crippen LogP contribution in [0.5, 0.6) is 0 Å². The highest BCUT2D eigenvalue weighted by Crippen LogP contribution is 2.69. The monoisotopic (exact) mass is 264 g/mol. The first-order valence-electron chi connectivity index (χ1n) is 8.00. The van der Waals surface area contributed by atoms with Crippen molar-refractivity contribution in [1.82, 2.24) is 4.90 Å². The second-order valence-corrected chi connectivity index (χ2v) is 7.25. The molecule has 2 nitrogen and oxygen atoms in total. The number of allylic oxidation sites excluding steroid dienone is 1. The van der Waals surface area contributed by atoms with E-state index in [0.29, 0.717) is 11.3 Å². The highest BCUT2D eigenvalue weighted by molar-refractivity contribution is 5.22. The number of hydrogen-bond donors (Lipinski definition) is 1. The predicted octanol–water partition coefficient (Wildman–Crippen LogP) is 3.43. The van der Waals surface area contributed by atoms with Crippen LogP contribution in [0.3, 0.4) is 0 Å². The Morgan fingerprint density at radius 1 is 1.53 bits per heavy atom. The van der Waals surface area contributed by atoms with Gasteiger partial charge in [0.05, 0.1) is 0 Å². The van der Waals surface area contributed by atoms with Crippen molar-refractivity contribution in [2.24, 2.45) is 23.0 Å². The zero-order valence-corrected chi connectivity index (χ0v) is 13.5. The van der Waals surface area contributed by atoms with Gasteiger partial charge in [0.25, 0.3) is 0 Å². The van der Waals surface area contributed by atoms with Crippen LogP contribution in [0.1, 0.15) is 53.4 Å². The topological polar surface area (TPSA) is 29.3 Å². The molecule has 2 fully saturated rings. The molecule has 19 heavy (non-hydrogen) atoms. The Balaban J connectivity index is 2.02. The summed E-state index contributed by atoms with van der Waals surface area (Å²) in [6.45, 7) is 11.2. The maximum absolute atomic E-state index is 6.78. The average Bonchev–Trinajstić information content (AvgIpc) is 3.10. The molecule has 2 saturated carbocycles. The van der Waals surface area contributed by atoms with Crippen LogP contribution in [0.4, 0.5) is 0 Å². The van der Waals surface area contributed by atoms with Crippen LogP contribution in [-0.4, -0.2) is 30.6 Å². The normalized spacial score (nSPS) is 30.1. The molecule has 2 aliphatic rings. The molecule has 0 radical (unpaired) electrons. The lowest BCUT2D eigenvalue weighted by Crippen LogP contribution is -2.49. The fourth-order valence-corrected chi connectivity index (χ4v) is 4.01. The number of nitrogens with two attached hydrogens (primary N) is 1. The quantitative estimate of drug-likeness (QED) is 0.745. The standard InChI is InChI=1S/C17H32N2/c1-6-14(12-19(5)7-2)13(3)16(4,18)15-11-17(15)9-8-10-17/h6,13,15H,7-12,18H2,1-5H3.